The van der Waals surface area contributed by atoms with E-state index in [9.17, 15) is 12.8 Å². The summed E-state index contributed by atoms with van der Waals surface area (Å²) < 4.78 is 40.4. The van der Waals surface area contributed by atoms with Gasteiger partial charge in [0.1, 0.15) is 5.82 Å². The number of benzene rings is 2. The summed E-state index contributed by atoms with van der Waals surface area (Å²) in [4.78, 5) is 3.18. The molecule has 0 unspecified atom stereocenters. The third kappa shape index (κ3) is 3.45. The molecule has 2 aromatic carbocycles. The Balaban J connectivity index is 1.71. The number of hydrogen-bond donors (Lipinski definition) is 2. The van der Waals surface area contributed by atoms with Crippen LogP contribution in [-0.4, -0.2) is 19.9 Å². The molecule has 24 heavy (non-hydrogen) atoms. The van der Waals surface area contributed by atoms with Crippen LogP contribution in [0.4, 0.5) is 4.39 Å². The van der Waals surface area contributed by atoms with Crippen molar-refractivity contribution >= 4 is 32.5 Å². The maximum absolute atomic E-state index is 13.3. The van der Waals surface area contributed by atoms with E-state index in [1.54, 1.807) is 6.07 Å². The third-order valence-electron chi connectivity index (χ3n) is 3.86. The van der Waals surface area contributed by atoms with Crippen LogP contribution < -0.4 is 4.72 Å². The van der Waals surface area contributed by atoms with E-state index in [0.29, 0.717) is 17.0 Å². The predicted molar refractivity (Wildman–Crippen MR) is 93.3 cm³/mol. The minimum absolute atomic E-state index is 0.0621. The first-order valence-electron chi connectivity index (χ1n) is 7.38. The van der Waals surface area contributed by atoms with Crippen LogP contribution in [0.5, 0.6) is 0 Å². The van der Waals surface area contributed by atoms with Crippen molar-refractivity contribution in [3.8, 4) is 0 Å². The molecule has 3 rings (SSSR count). The Bertz CT molecular complexity index is 999. The standard InChI is InChI=1S/C17H16ClFN2O2S/c1-11-8-14(3-5-16(11)19)24(22,23)21-7-6-12-10-20-17-9-13(18)2-4-15(12)17/h2-5,8-10,20-21H,6-7H2,1H3. The van der Waals surface area contributed by atoms with Gasteiger partial charge in [-0.2, -0.15) is 0 Å². The summed E-state index contributed by atoms with van der Waals surface area (Å²) in [5.74, 6) is -0.425. The first-order valence-corrected chi connectivity index (χ1v) is 9.24. The molecular formula is C17H16ClFN2O2S. The number of H-pyrrole nitrogens is 1. The van der Waals surface area contributed by atoms with Crippen molar-refractivity contribution in [3.63, 3.8) is 0 Å². The van der Waals surface area contributed by atoms with E-state index < -0.39 is 15.8 Å². The van der Waals surface area contributed by atoms with Crippen LogP contribution in [0.2, 0.25) is 5.02 Å². The SMILES string of the molecule is Cc1cc(S(=O)(=O)NCCc2c[nH]c3cc(Cl)ccc23)ccc1F. The summed E-state index contributed by atoms with van der Waals surface area (Å²) in [5.41, 5.74) is 2.21. The van der Waals surface area contributed by atoms with Gasteiger partial charge in [-0.25, -0.2) is 17.5 Å². The van der Waals surface area contributed by atoms with Crippen molar-refractivity contribution < 1.29 is 12.8 Å². The van der Waals surface area contributed by atoms with Crippen LogP contribution >= 0.6 is 11.6 Å². The monoisotopic (exact) mass is 366 g/mol. The molecule has 0 aliphatic heterocycles. The van der Waals surface area contributed by atoms with Crippen molar-refractivity contribution in [2.24, 2.45) is 0 Å². The first kappa shape index (κ1) is 17.0. The Labute approximate surface area is 144 Å². The van der Waals surface area contributed by atoms with Gasteiger partial charge in [-0.3, -0.25) is 0 Å². The van der Waals surface area contributed by atoms with Crippen LogP contribution in [0.3, 0.4) is 0 Å². The molecule has 0 fully saturated rings. The fraction of sp³-hybridized carbons (Fsp3) is 0.176. The molecule has 0 aliphatic rings. The summed E-state index contributed by atoms with van der Waals surface area (Å²) in [6.45, 7) is 1.78. The highest BCUT2D eigenvalue weighted by Gasteiger charge is 2.15. The zero-order chi connectivity index (χ0) is 17.3. The molecule has 0 amide bonds. The molecule has 0 spiro atoms. The zero-order valence-corrected chi connectivity index (χ0v) is 14.5. The number of sulfonamides is 1. The number of rotatable bonds is 5. The molecule has 126 valence electrons. The molecule has 0 bridgehead atoms. The fourth-order valence-electron chi connectivity index (χ4n) is 2.55. The highest BCUT2D eigenvalue weighted by atomic mass is 35.5. The van der Waals surface area contributed by atoms with E-state index >= 15 is 0 Å². The van der Waals surface area contributed by atoms with Crippen molar-refractivity contribution in [1.29, 1.82) is 0 Å². The predicted octanol–water partition coefficient (Wildman–Crippen LogP) is 3.79. The highest BCUT2D eigenvalue weighted by molar-refractivity contribution is 7.89. The van der Waals surface area contributed by atoms with E-state index in [2.05, 4.69) is 9.71 Å². The normalized spacial score (nSPS) is 12.0. The molecule has 0 saturated heterocycles. The van der Waals surface area contributed by atoms with Gasteiger partial charge in [0.2, 0.25) is 10.0 Å². The summed E-state index contributed by atoms with van der Waals surface area (Å²) in [6, 6.07) is 9.27. The first-order chi connectivity index (χ1) is 11.4. The number of aryl methyl sites for hydroxylation is 1. The smallest absolute Gasteiger partial charge is 0.240 e. The second-order valence-corrected chi connectivity index (χ2v) is 7.77. The Hall–Kier alpha value is -1.89. The molecule has 0 aliphatic carbocycles. The topological polar surface area (TPSA) is 62.0 Å². The fourth-order valence-corrected chi connectivity index (χ4v) is 3.84. The van der Waals surface area contributed by atoms with Gasteiger partial charge < -0.3 is 4.98 Å². The quantitative estimate of drug-likeness (QED) is 0.721. The van der Waals surface area contributed by atoms with Gasteiger partial charge in [-0.15, -0.1) is 0 Å². The van der Waals surface area contributed by atoms with E-state index in [4.69, 9.17) is 11.6 Å². The average Bonchev–Trinajstić information content (AvgIpc) is 2.92. The van der Waals surface area contributed by atoms with Crippen LogP contribution in [-0.2, 0) is 16.4 Å². The van der Waals surface area contributed by atoms with Gasteiger partial charge in [0.05, 0.1) is 4.90 Å². The largest absolute Gasteiger partial charge is 0.361 e. The van der Waals surface area contributed by atoms with E-state index in [1.807, 2.05) is 18.3 Å². The summed E-state index contributed by atoms with van der Waals surface area (Å²) in [7, 11) is -3.66. The average molecular weight is 367 g/mol. The third-order valence-corrected chi connectivity index (χ3v) is 5.55. The maximum Gasteiger partial charge on any atom is 0.240 e. The summed E-state index contributed by atoms with van der Waals surface area (Å²) in [6.07, 6.45) is 2.37. The lowest BCUT2D eigenvalue weighted by Gasteiger charge is -2.07. The van der Waals surface area contributed by atoms with E-state index in [-0.39, 0.29) is 11.4 Å². The number of nitrogens with one attached hydrogen (secondary N) is 2. The molecule has 0 atom stereocenters. The van der Waals surface area contributed by atoms with Gasteiger partial charge in [-0.1, -0.05) is 17.7 Å². The molecule has 1 aromatic heterocycles. The van der Waals surface area contributed by atoms with Crippen LogP contribution in [0.15, 0.2) is 47.5 Å². The zero-order valence-electron chi connectivity index (χ0n) is 12.9. The van der Waals surface area contributed by atoms with Gasteiger partial charge in [0, 0.05) is 28.7 Å². The van der Waals surface area contributed by atoms with E-state index in [0.717, 1.165) is 22.5 Å². The Morgan fingerprint density at radius 1 is 1.21 bits per heavy atom. The van der Waals surface area contributed by atoms with Crippen LogP contribution in [0, 0.1) is 12.7 Å². The number of fused-ring (bicyclic) bond motifs is 1. The second kappa shape index (κ2) is 6.55. The molecule has 3 aromatic rings. The lowest BCUT2D eigenvalue weighted by molar-refractivity contribution is 0.580. The Morgan fingerprint density at radius 2 is 2.00 bits per heavy atom. The van der Waals surface area contributed by atoms with Crippen LogP contribution in [0.25, 0.3) is 10.9 Å². The molecular weight excluding hydrogens is 351 g/mol. The van der Waals surface area contributed by atoms with Crippen molar-refractivity contribution in [1.82, 2.24) is 9.71 Å². The van der Waals surface area contributed by atoms with Gasteiger partial charge in [0.15, 0.2) is 0 Å². The number of aromatic nitrogens is 1. The van der Waals surface area contributed by atoms with Crippen molar-refractivity contribution in [2.75, 3.05) is 6.54 Å². The van der Waals surface area contributed by atoms with Gasteiger partial charge in [-0.05, 0) is 54.8 Å². The van der Waals surface area contributed by atoms with Crippen molar-refractivity contribution in [3.05, 3.63) is 64.6 Å². The number of hydrogen-bond acceptors (Lipinski definition) is 2. The number of halogens is 2. The molecule has 0 saturated carbocycles. The summed E-state index contributed by atoms with van der Waals surface area (Å²) in [5, 5.41) is 1.65. The minimum Gasteiger partial charge on any atom is -0.361 e. The Morgan fingerprint density at radius 3 is 2.75 bits per heavy atom. The molecule has 7 heteroatoms. The molecule has 0 radical (unpaired) electrons. The lowest BCUT2D eigenvalue weighted by Crippen LogP contribution is -2.26. The highest BCUT2D eigenvalue weighted by Crippen LogP contribution is 2.22. The number of aromatic amines is 1. The maximum atomic E-state index is 13.3. The summed E-state index contributed by atoms with van der Waals surface area (Å²) >= 11 is 5.95. The Kier molecular flexibility index (Phi) is 4.62. The van der Waals surface area contributed by atoms with Crippen LogP contribution in [0.1, 0.15) is 11.1 Å². The van der Waals surface area contributed by atoms with Gasteiger partial charge in [0.25, 0.3) is 0 Å². The molecule has 2 N–H and O–H groups in total. The molecule has 1 heterocycles. The second-order valence-electron chi connectivity index (χ2n) is 5.56. The minimum atomic E-state index is -3.66. The van der Waals surface area contributed by atoms with Crippen molar-refractivity contribution in [2.45, 2.75) is 18.2 Å². The molecule has 4 nitrogen and oxygen atoms in total. The van der Waals surface area contributed by atoms with E-state index in [1.165, 1.54) is 19.1 Å². The van der Waals surface area contributed by atoms with Gasteiger partial charge >= 0.3 is 0 Å². The lowest BCUT2D eigenvalue weighted by atomic mass is 10.1.